The molecule has 0 atom stereocenters. The van der Waals surface area contributed by atoms with Gasteiger partial charge in [-0.1, -0.05) is 127 Å². The SMILES string of the molecule is c1ccc(-c2ccc3oc4ccc(-n5c6ccccc6c6ccc7c8ccccc8n(-c8cccc(-c9c%10ccccc%10nc%10ccccc9%10)n8)c7c65)cc4c3c2)cc1. The fourth-order valence-corrected chi connectivity index (χ4v) is 9.52. The Bertz CT molecular complexity index is 3800. The maximum absolute atomic E-state index is 6.45. The molecule has 0 bridgehead atoms. The molecule has 0 unspecified atom stereocenters. The minimum Gasteiger partial charge on any atom is -0.456 e. The summed E-state index contributed by atoms with van der Waals surface area (Å²) < 4.78 is 11.3. The van der Waals surface area contributed by atoms with E-state index < -0.39 is 0 Å². The van der Waals surface area contributed by atoms with E-state index in [1.165, 1.54) is 27.1 Å². The highest BCUT2D eigenvalue weighted by Gasteiger charge is 2.23. The highest BCUT2D eigenvalue weighted by molar-refractivity contribution is 6.24. The van der Waals surface area contributed by atoms with Crippen LogP contribution in [0.5, 0.6) is 0 Å². The number of para-hydroxylation sites is 4. The van der Waals surface area contributed by atoms with Gasteiger partial charge in [0.05, 0.1) is 38.8 Å². The molecule has 0 aliphatic carbocycles. The quantitative estimate of drug-likeness (QED) is 0.168. The Morgan fingerprint density at radius 1 is 0.356 bits per heavy atom. The van der Waals surface area contributed by atoms with Crippen LogP contribution in [0.25, 0.3) is 121 Å². The summed E-state index contributed by atoms with van der Waals surface area (Å²) in [5.74, 6) is 0.854. The molecule has 5 heterocycles. The van der Waals surface area contributed by atoms with E-state index >= 15 is 0 Å². The lowest BCUT2D eigenvalue weighted by Gasteiger charge is -2.14. The lowest BCUT2D eigenvalue weighted by molar-refractivity contribution is 0.669. The minimum absolute atomic E-state index is 0.854. The van der Waals surface area contributed by atoms with Gasteiger partial charge in [-0.3, -0.25) is 4.57 Å². The topological polar surface area (TPSA) is 48.8 Å². The molecule has 274 valence electrons. The molecule has 0 spiro atoms. The van der Waals surface area contributed by atoms with Crippen molar-refractivity contribution in [3.63, 3.8) is 0 Å². The number of pyridine rings is 2. The average molecular weight is 753 g/mol. The fraction of sp³-hybridized carbons (Fsp3) is 0. The third kappa shape index (κ3) is 4.67. The summed E-state index contributed by atoms with van der Waals surface area (Å²) in [4.78, 5) is 10.6. The van der Waals surface area contributed by atoms with Crippen molar-refractivity contribution in [2.24, 2.45) is 0 Å². The molecule has 0 aliphatic rings. The fourth-order valence-electron chi connectivity index (χ4n) is 9.52. The average Bonchev–Trinajstić information content (AvgIpc) is 3.96. The van der Waals surface area contributed by atoms with Crippen molar-refractivity contribution >= 4 is 87.4 Å². The van der Waals surface area contributed by atoms with Crippen molar-refractivity contribution in [1.29, 1.82) is 0 Å². The summed E-state index contributed by atoms with van der Waals surface area (Å²) in [5.41, 5.74) is 13.5. The molecule has 5 aromatic heterocycles. The van der Waals surface area contributed by atoms with Crippen LogP contribution in [0, 0.1) is 0 Å². The van der Waals surface area contributed by atoms with Crippen LogP contribution in [-0.2, 0) is 0 Å². The number of benzene rings is 8. The Labute approximate surface area is 337 Å². The van der Waals surface area contributed by atoms with Gasteiger partial charge in [-0.2, -0.15) is 0 Å². The molecule has 0 amide bonds. The van der Waals surface area contributed by atoms with E-state index in [4.69, 9.17) is 14.4 Å². The molecular weight excluding hydrogens is 721 g/mol. The molecule has 0 saturated carbocycles. The summed E-state index contributed by atoms with van der Waals surface area (Å²) >= 11 is 0. The molecular formula is C54H32N4O. The number of hydrogen-bond donors (Lipinski definition) is 0. The first-order valence-electron chi connectivity index (χ1n) is 20.0. The normalized spacial score (nSPS) is 12.1. The van der Waals surface area contributed by atoms with Crippen LogP contribution in [0.15, 0.2) is 199 Å². The van der Waals surface area contributed by atoms with Gasteiger partial charge in [0.15, 0.2) is 0 Å². The molecule has 59 heavy (non-hydrogen) atoms. The predicted molar refractivity (Wildman–Crippen MR) is 244 cm³/mol. The standard InChI is InChI=1S/C54H32N4O/c1-2-13-33(14-3-1)34-25-29-49-42(31-34)43-32-35(26-30-50(43)59-49)57-47-22-10-6-15-36(47)38-27-28-39-37-16-7-11-23-48(37)58(54(39)53(38)57)51-24-12-21-46(56-51)52-40-17-4-8-19-44(40)55-45-20-9-5-18-41(45)52/h1-32H. The van der Waals surface area contributed by atoms with Gasteiger partial charge < -0.3 is 8.98 Å². The van der Waals surface area contributed by atoms with Crippen LogP contribution in [0.4, 0.5) is 0 Å². The summed E-state index contributed by atoms with van der Waals surface area (Å²) in [6, 6.07) is 68.9. The predicted octanol–water partition coefficient (Wildman–Crippen LogP) is 14.2. The van der Waals surface area contributed by atoms with Crippen LogP contribution in [0.1, 0.15) is 0 Å². The molecule has 0 aliphatic heterocycles. The van der Waals surface area contributed by atoms with Crippen LogP contribution >= 0.6 is 0 Å². The van der Waals surface area contributed by atoms with Gasteiger partial charge in [0.25, 0.3) is 0 Å². The van der Waals surface area contributed by atoms with Crippen LogP contribution in [0.3, 0.4) is 0 Å². The number of hydrogen-bond acceptors (Lipinski definition) is 3. The maximum atomic E-state index is 6.45. The molecule has 13 aromatic rings. The van der Waals surface area contributed by atoms with Crippen molar-refractivity contribution in [2.75, 3.05) is 0 Å². The Morgan fingerprint density at radius 2 is 0.932 bits per heavy atom. The van der Waals surface area contributed by atoms with E-state index in [0.29, 0.717) is 0 Å². The molecule has 5 heteroatoms. The Balaban J connectivity index is 1.12. The largest absolute Gasteiger partial charge is 0.456 e. The lowest BCUT2D eigenvalue weighted by atomic mass is 9.99. The summed E-state index contributed by atoms with van der Waals surface area (Å²) in [6.07, 6.45) is 0. The smallest absolute Gasteiger partial charge is 0.138 e. The third-order valence-electron chi connectivity index (χ3n) is 12.1. The molecule has 13 rings (SSSR count). The summed E-state index contributed by atoms with van der Waals surface area (Å²) in [5, 5.41) is 9.08. The highest BCUT2D eigenvalue weighted by Crippen LogP contribution is 2.43. The summed E-state index contributed by atoms with van der Waals surface area (Å²) in [6.45, 7) is 0. The van der Waals surface area contributed by atoms with Crippen molar-refractivity contribution in [3.8, 4) is 33.9 Å². The number of nitrogens with zero attached hydrogens (tertiary/aromatic N) is 4. The number of rotatable bonds is 4. The minimum atomic E-state index is 0.854. The molecule has 0 N–H and O–H groups in total. The first-order valence-corrected chi connectivity index (χ1v) is 20.0. The van der Waals surface area contributed by atoms with Gasteiger partial charge in [-0.25, -0.2) is 9.97 Å². The van der Waals surface area contributed by atoms with Crippen molar-refractivity contribution in [1.82, 2.24) is 19.1 Å². The number of fused-ring (bicyclic) bond motifs is 12. The second-order valence-corrected chi connectivity index (χ2v) is 15.3. The molecule has 8 aromatic carbocycles. The van der Waals surface area contributed by atoms with Gasteiger partial charge in [-0.15, -0.1) is 0 Å². The summed E-state index contributed by atoms with van der Waals surface area (Å²) in [7, 11) is 0. The van der Waals surface area contributed by atoms with Gasteiger partial charge in [0, 0.05) is 54.3 Å². The molecule has 0 saturated heterocycles. The van der Waals surface area contributed by atoms with E-state index in [1.807, 2.05) is 0 Å². The molecule has 5 nitrogen and oxygen atoms in total. The van der Waals surface area contributed by atoms with Gasteiger partial charge >= 0.3 is 0 Å². The number of furan rings is 1. The number of aromatic nitrogens is 4. The van der Waals surface area contributed by atoms with Crippen molar-refractivity contribution in [3.05, 3.63) is 194 Å². The Hall–Kier alpha value is -8.02. The highest BCUT2D eigenvalue weighted by atomic mass is 16.3. The zero-order valence-electron chi connectivity index (χ0n) is 31.7. The van der Waals surface area contributed by atoms with Crippen molar-refractivity contribution < 1.29 is 4.42 Å². The van der Waals surface area contributed by atoms with E-state index in [0.717, 1.165) is 94.1 Å². The second-order valence-electron chi connectivity index (χ2n) is 15.3. The first kappa shape index (κ1) is 32.1. The maximum Gasteiger partial charge on any atom is 0.138 e. The zero-order valence-corrected chi connectivity index (χ0v) is 31.7. The van der Waals surface area contributed by atoms with Crippen LogP contribution < -0.4 is 0 Å². The molecule has 0 radical (unpaired) electrons. The van der Waals surface area contributed by atoms with Gasteiger partial charge in [0.1, 0.15) is 17.0 Å². The second kappa shape index (κ2) is 12.2. The van der Waals surface area contributed by atoms with Crippen LogP contribution in [0.2, 0.25) is 0 Å². The van der Waals surface area contributed by atoms with Crippen molar-refractivity contribution in [2.45, 2.75) is 0 Å². The van der Waals surface area contributed by atoms with E-state index in [9.17, 15) is 0 Å². The van der Waals surface area contributed by atoms with Gasteiger partial charge in [0.2, 0.25) is 0 Å². The van der Waals surface area contributed by atoms with E-state index in [2.05, 4.69) is 203 Å². The zero-order chi connectivity index (χ0) is 38.6. The van der Waals surface area contributed by atoms with E-state index in [1.54, 1.807) is 0 Å². The van der Waals surface area contributed by atoms with Gasteiger partial charge in [-0.05, 0) is 77.9 Å². The lowest BCUT2D eigenvalue weighted by Crippen LogP contribution is -2.01. The van der Waals surface area contributed by atoms with Crippen LogP contribution in [-0.4, -0.2) is 19.1 Å². The molecule has 0 fully saturated rings. The van der Waals surface area contributed by atoms with E-state index in [-0.39, 0.29) is 0 Å². The monoisotopic (exact) mass is 752 g/mol. The Kier molecular flexibility index (Phi) is 6.66. The Morgan fingerprint density at radius 3 is 1.64 bits per heavy atom. The third-order valence-corrected chi connectivity index (χ3v) is 12.1. The first-order chi connectivity index (χ1) is 29.3.